The molecule has 32 heavy (non-hydrogen) atoms. The first-order chi connectivity index (χ1) is 15.4. The Morgan fingerprint density at radius 2 is 1.69 bits per heavy atom. The first kappa shape index (κ1) is 22.1. The van der Waals surface area contributed by atoms with Gasteiger partial charge in [0.1, 0.15) is 0 Å². The van der Waals surface area contributed by atoms with Gasteiger partial charge < -0.3 is 9.30 Å². The Hall–Kier alpha value is -3.09. The Morgan fingerprint density at radius 1 is 0.969 bits per heavy atom. The predicted octanol–water partition coefficient (Wildman–Crippen LogP) is 4.26. The maximum Gasteiger partial charge on any atom is 0.271 e. The summed E-state index contributed by atoms with van der Waals surface area (Å²) < 4.78 is 7.51. The van der Waals surface area contributed by atoms with E-state index in [1.807, 2.05) is 73.0 Å². The zero-order valence-electron chi connectivity index (χ0n) is 18.2. The van der Waals surface area contributed by atoms with Gasteiger partial charge in [0.25, 0.3) is 5.91 Å². The monoisotopic (exact) mass is 451 g/mol. The van der Waals surface area contributed by atoms with Gasteiger partial charge in [-0.1, -0.05) is 41.9 Å². The fraction of sp³-hybridized carbons (Fsp3) is 0.280. The van der Waals surface area contributed by atoms with Crippen molar-refractivity contribution < 1.29 is 14.3 Å². The van der Waals surface area contributed by atoms with E-state index in [-0.39, 0.29) is 11.8 Å². The van der Waals surface area contributed by atoms with Gasteiger partial charge in [-0.25, -0.2) is 0 Å². The summed E-state index contributed by atoms with van der Waals surface area (Å²) in [5.74, 6) is -0.629. The maximum absolute atomic E-state index is 13.3. The molecule has 0 spiro atoms. The van der Waals surface area contributed by atoms with Gasteiger partial charge in [-0.3, -0.25) is 20.4 Å². The van der Waals surface area contributed by atoms with Crippen molar-refractivity contribution in [2.45, 2.75) is 32.1 Å². The number of aryl methyl sites for hydroxylation is 1. The molecule has 3 aromatic rings. The molecule has 0 bridgehead atoms. The lowest BCUT2D eigenvalue weighted by Gasteiger charge is -2.36. The van der Waals surface area contributed by atoms with Crippen LogP contribution in [0.2, 0.25) is 5.02 Å². The molecular weight excluding hydrogens is 426 g/mol. The van der Waals surface area contributed by atoms with Gasteiger partial charge in [-0.05, 0) is 62.6 Å². The number of carbonyl (C=O) groups is 2. The summed E-state index contributed by atoms with van der Waals surface area (Å²) in [5, 5.41) is 0.568. The minimum Gasteiger partial charge on any atom is -0.381 e. The topological polar surface area (TPSA) is 72.4 Å². The Morgan fingerprint density at radius 3 is 2.38 bits per heavy atom. The lowest BCUT2D eigenvalue weighted by molar-refractivity contribution is -0.131. The highest BCUT2D eigenvalue weighted by Crippen LogP contribution is 2.36. The number of aromatic nitrogens is 1. The quantitative estimate of drug-likeness (QED) is 0.582. The predicted molar refractivity (Wildman–Crippen MR) is 124 cm³/mol. The second-order valence-corrected chi connectivity index (χ2v) is 8.51. The number of rotatable bonds is 4. The van der Waals surface area contributed by atoms with Gasteiger partial charge in [0.15, 0.2) is 0 Å². The van der Waals surface area contributed by atoms with Crippen LogP contribution in [0, 0.1) is 13.8 Å². The van der Waals surface area contributed by atoms with E-state index in [1.54, 1.807) is 6.07 Å². The van der Waals surface area contributed by atoms with Crippen LogP contribution in [0.4, 0.5) is 0 Å². The van der Waals surface area contributed by atoms with Crippen molar-refractivity contribution in [3.8, 4) is 5.69 Å². The molecular formula is C25H26ClN3O3. The summed E-state index contributed by atoms with van der Waals surface area (Å²) in [6, 6.07) is 19.0. The summed E-state index contributed by atoms with van der Waals surface area (Å²) in [6.07, 6.45) is 1.02. The number of para-hydroxylation sites is 1. The van der Waals surface area contributed by atoms with Crippen LogP contribution in [0.3, 0.4) is 0 Å². The van der Waals surface area contributed by atoms with Crippen LogP contribution in [-0.4, -0.2) is 29.6 Å². The van der Waals surface area contributed by atoms with Crippen LogP contribution in [-0.2, 0) is 14.9 Å². The third-order valence-corrected chi connectivity index (χ3v) is 6.37. The van der Waals surface area contributed by atoms with Crippen molar-refractivity contribution >= 4 is 23.4 Å². The minimum atomic E-state index is -0.808. The standard InChI is InChI=1S/C25H26ClN3O3/c1-17-15-22(18(2)29(17)21-9-4-3-5-10-21)23(30)27-28-24(31)25(11-13-32-14-12-25)19-7-6-8-20(26)16-19/h3-10,15-16H,11-14H2,1-2H3,(H,27,30)(H,28,31). The molecule has 6 nitrogen and oxygen atoms in total. The van der Waals surface area contributed by atoms with Crippen molar-refractivity contribution in [3.63, 3.8) is 0 Å². The fourth-order valence-corrected chi connectivity index (χ4v) is 4.61. The Bertz CT molecular complexity index is 1130. The molecule has 166 valence electrons. The number of hydrazine groups is 1. The maximum atomic E-state index is 13.3. The SMILES string of the molecule is Cc1cc(C(=O)NNC(=O)C2(c3cccc(Cl)c3)CCOCC2)c(C)n1-c1ccccc1. The number of amides is 2. The Labute approximate surface area is 192 Å². The summed E-state index contributed by atoms with van der Waals surface area (Å²) in [4.78, 5) is 26.3. The highest BCUT2D eigenvalue weighted by molar-refractivity contribution is 6.30. The van der Waals surface area contributed by atoms with Crippen molar-refractivity contribution in [2.24, 2.45) is 0 Å². The number of hydrogen-bond acceptors (Lipinski definition) is 3. The second-order valence-electron chi connectivity index (χ2n) is 8.07. The van der Waals surface area contributed by atoms with Gasteiger partial charge in [-0.2, -0.15) is 0 Å². The minimum absolute atomic E-state index is 0.270. The van der Waals surface area contributed by atoms with Crippen LogP contribution in [0.5, 0.6) is 0 Å². The molecule has 1 aliphatic rings. The molecule has 7 heteroatoms. The average Bonchev–Trinajstić information content (AvgIpc) is 3.12. The molecule has 1 aliphatic heterocycles. The molecule has 1 fully saturated rings. The molecule has 0 saturated carbocycles. The first-order valence-electron chi connectivity index (χ1n) is 10.6. The van der Waals surface area contributed by atoms with Crippen LogP contribution in [0.1, 0.15) is 40.2 Å². The normalized spacial score (nSPS) is 15.2. The van der Waals surface area contributed by atoms with E-state index >= 15 is 0 Å². The number of benzene rings is 2. The third-order valence-electron chi connectivity index (χ3n) is 6.14. The number of nitrogens with zero attached hydrogens (tertiary/aromatic N) is 1. The Kier molecular flexibility index (Phi) is 6.35. The van der Waals surface area contributed by atoms with E-state index in [0.29, 0.717) is 36.6 Å². The van der Waals surface area contributed by atoms with Gasteiger partial charge in [0.2, 0.25) is 5.91 Å². The van der Waals surface area contributed by atoms with Gasteiger partial charge >= 0.3 is 0 Å². The Balaban J connectivity index is 1.54. The van der Waals surface area contributed by atoms with Gasteiger partial charge in [0, 0.05) is 35.3 Å². The van der Waals surface area contributed by atoms with Crippen LogP contribution in [0.15, 0.2) is 60.7 Å². The first-order valence-corrected chi connectivity index (χ1v) is 11.0. The third kappa shape index (κ3) is 4.16. The van der Waals surface area contributed by atoms with Crippen molar-refractivity contribution in [3.05, 3.63) is 88.2 Å². The number of carbonyl (C=O) groups excluding carboxylic acids is 2. The molecule has 1 saturated heterocycles. The molecule has 2 amide bonds. The van der Waals surface area contributed by atoms with Crippen LogP contribution in [0.25, 0.3) is 5.69 Å². The van der Waals surface area contributed by atoms with Gasteiger partial charge in [-0.15, -0.1) is 0 Å². The van der Waals surface area contributed by atoms with E-state index in [2.05, 4.69) is 10.9 Å². The summed E-state index contributed by atoms with van der Waals surface area (Å²) in [5.41, 5.74) is 8.51. The molecule has 0 radical (unpaired) electrons. The van der Waals surface area contributed by atoms with Gasteiger partial charge in [0.05, 0.1) is 11.0 Å². The average molecular weight is 452 g/mol. The van der Waals surface area contributed by atoms with Crippen molar-refractivity contribution in [1.82, 2.24) is 15.4 Å². The van der Waals surface area contributed by atoms with E-state index in [0.717, 1.165) is 22.6 Å². The summed E-state index contributed by atoms with van der Waals surface area (Å²) >= 11 is 6.19. The number of ether oxygens (including phenoxy) is 1. The van der Waals surface area contributed by atoms with Crippen molar-refractivity contribution in [1.29, 1.82) is 0 Å². The van der Waals surface area contributed by atoms with Crippen LogP contribution < -0.4 is 10.9 Å². The lowest BCUT2D eigenvalue weighted by atomic mass is 9.73. The molecule has 2 aromatic carbocycles. The molecule has 0 atom stereocenters. The number of halogens is 1. The zero-order chi connectivity index (χ0) is 22.7. The second kappa shape index (κ2) is 9.18. The molecule has 2 heterocycles. The van der Waals surface area contributed by atoms with E-state index in [1.165, 1.54) is 0 Å². The van der Waals surface area contributed by atoms with E-state index in [9.17, 15) is 9.59 Å². The number of hydrogen-bond donors (Lipinski definition) is 2. The van der Waals surface area contributed by atoms with E-state index in [4.69, 9.17) is 16.3 Å². The number of nitrogens with one attached hydrogen (secondary N) is 2. The zero-order valence-corrected chi connectivity index (χ0v) is 18.9. The summed E-state index contributed by atoms with van der Waals surface area (Å²) in [6.45, 7) is 4.77. The van der Waals surface area contributed by atoms with Crippen molar-refractivity contribution in [2.75, 3.05) is 13.2 Å². The molecule has 0 unspecified atom stereocenters. The molecule has 0 aliphatic carbocycles. The fourth-order valence-electron chi connectivity index (χ4n) is 4.42. The molecule has 1 aromatic heterocycles. The van der Waals surface area contributed by atoms with E-state index < -0.39 is 5.41 Å². The van der Waals surface area contributed by atoms with Crippen LogP contribution >= 0.6 is 11.6 Å². The summed E-state index contributed by atoms with van der Waals surface area (Å²) in [7, 11) is 0. The molecule has 4 rings (SSSR count). The highest BCUT2D eigenvalue weighted by atomic mass is 35.5. The smallest absolute Gasteiger partial charge is 0.271 e. The largest absolute Gasteiger partial charge is 0.381 e. The molecule has 2 N–H and O–H groups in total. The lowest BCUT2D eigenvalue weighted by Crippen LogP contribution is -2.53. The highest BCUT2D eigenvalue weighted by Gasteiger charge is 2.42.